The molecular weight excluding hydrogens is 248 g/mol. The van der Waals surface area contributed by atoms with E-state index in [1.54, 1.807) is 0 Å². The fourth-order valence-electron chi connectivity index (χ4n) is 2.04. The van der Waals surface area contributed by atoms with Gasteiger partial charge in [-0.2, -0.15) is 5.10 Å². The molecule has 0 fully saturated rings. The molecule has 1 aromatic carbocycles. The Morgan fingerprint density at radius 3 is 2.58 bits per heavy atom. The number of hydrogen-bond acceptors (Lipinski definition) is 4. The highest BCUT2D eigenvalue weighted by molar-refractivity contribution is 5.87. The summed E-state index contributed by atoms with van der Waals surface area (Å²) in [4.78, 5) is 10.8. The summed E-state index contributed by atoms with van der Waals surface area (Å²) in [7, 11) is 0. The largest absolute Gasteiger partial charge is 0.486 e. The van der Waals surface area contributed by atoms with Gasteiger partial charge in [-0.25, -0.2) is 4.79 Å². The number of benzene rings is 1. The lowest BCUT2D eigenvalue weighted by atomic mass is 10.0. The van der Waals surface area contributed by atoms with Gasteiger partial charge < -0.3 is 14.6 Å². The Morgan fingerprint density at radius 1 is 1.26 bits per heavy atom. The van der Waals surface area contributed by atoms with Crippen LogP contribution in [-0.2, 0) is 0 Å². The van der Waals surface area contributed by atoms with Gasteiger partial charge in [0.2, 0.25) is 0 Å². The standard InChI is InChI=1S/C13H12N2O4/c1-7-4-11-12(19-3-2-18-11)5-8(7)9-6-10(13(16)17)15-14-9/h4-6H,2-3H2,1H3,(H,14,15)(H,16,17). The number of carbonyl (C=O) groups is 1. The predicted molar refractivity (Wildman–Crippen MR) is 66.7 cm³/mol. The minimum absolute atomic E-state index is 0.0595. The number of hydrogen-bond donors (Lipinski definition) is 2. The molecule has 0 unspecified atom stereocenters. The Labute approximate surface area is 109 Å². The molecule has 98 valence electrons. The van der Waals surface area contributed by atoms with E-state index in [4.69, 9.17) is 14.6 Å². The van der Waals surface area contributed by atoms with Gasteiger partial charge in [-0.3, -0.25) is 5.10 Å². The van der Waals surface area contributed by atoms with Crippen LogP contribution < -0.4 is 9.47 Å². The van der Waals surface area contributed by atoms with Crippen LogP contribution in [0.15, 0.2) is 18.2 Å². The zero-order valence-corrected chi connectivity index (χ0v) is 10.3. The first-order chi connectivity index (χ1) is 9.15. The highest BCUT2D eigenvalue weighted by Crippen LogP contribution is 2.36. The average molecular weight is 260 g/mol. The second-order valence-corrected chi connectivity index (χ2v) is 4.28. The molecular formula is C13H12N2O4. The number of ether oxygens (including phenoxy) is 2. The van der Waals surface area contributed by atoms with Crippen molar-refractivity contribution in [2.24, 2.45) is 0 Å². The second kappa shape index (κ2) is 4.31. The highest BCUT2D eigenvalue weighted by Gasteiger charge is 2.17. The van der Waals surface area contributed by atoms with Crippen LogP contribution in [-0.4, -0.2) is 34.5 Å². The molecule has 1 aliphatic rings. The summed E-state index contributed by atoms with van der Waals surface area (Å²) in [5, 5.41) is 15.4. The van der Waals surface area contributed by atoms with Crippen molar-refractivity contribution in [2.75, 3.05) is 13.2 Å². The molecule has 0 atom stereocenters. The molecule has 2 aromatic rings. The molecule has 3 rings (SSSR count). The van der Waals surface area contributed by atoms with Gasteiger partial charge in [-0.15, -0.1) is 0 Å². The van der Waals surface area contributed by atoms with Crippen LogP contribution in [0.2, 0.25) is 0 Å². The number of nitrogens with one attached hydrogen (secondary N) is 1. The van der Waals surface area contributed by atoms with Crippen LogP contribution in [0.1, 0.15) is 16.1 Å². The van der Waals surface area contributed by atoms with E-state index in [-0.39, 0.29) is 5.69 Å². The molecule has 0 radical (unpaired) electrons. The minimum Gasteiger partial charge on any atom is -0.486 e. The van der Waals surface area contributed by atoms with Crippen molar-refractivity contribution in [2.45, 2.75) is 6.92 Å². The molecule has 19 heavy (non-hydrogen) atoms. The van der Waals surface area contributed by atoms with E-state index in [1.165, 1.54) is 6.07 Å². The van der Waals surface area contributed by atoms with Gasteiger partial charge in [0.25, 0.3) is 0 Å². The summed E-state index contributed by atoms with van der Waals surface area (Å²) >= 11 is 0. The number of aromatic nitrogens is 2. The molecule has 0 aliphatic carbocycles. The third-order valence-corrected chi connectivity index (χ3v) is 2.97. The van der Waals surface area contributed by atoms with Crippen LogP contribution in [0, 0.1) is 6.92 Å². The van der Waals surface area contributed by atoms with E-state index >= 15 is 0 Å². The molecule has 2 heterocycles. The lowest BCUT2D eigenvalue weighted by Crippen LogP contribution is -2.15. The molecule has 0 bridgehead atoms. The molecule has 0 spiro atoms. The highest BCUT2D eigenvalue weighted by atomic mass is 16.6. The van der Waals surface area contributed by atoms with Crippen molar-refractivity contribution in [3.05, 3.63) is 29.5 Å². The number of aromatic amines is 1. The lowest BCUT2D eigenvalue weighted by Gasteiger charge is -2.19. The Balaban J connectivity index is 2.06. The van der Waals surface area contributed by atoms with E-state index in [0.29, 0.717) is 30.4 Å². The van der Waals surface area contributed by atoms with Crippen molar-refractivity contribution in [1.82, 2.24) is 10.2 Å². The van der Waals surface area contributed by atoms with Gasteiger partial charge in [-0.05, 0) is 30.7 Å². The zero-order chi connectivity index (χ0) is 13.4. The number of nitrogens with zero attached hydrogens (tertiary/aromatic N) is 1. The SMILES string of the molecule is Cc1cc2c(cc1-c1cc(C(=O)O)[nH]n1)OCCO2. The summed E-state index contributed by atoms with van der Waals surface area (Å²) in [6, 6.07) is 5.20. The third kappa shape index (κ3) is 2.01. The predicted octanol–water partition coefficient (Wildman–Crippen LogP) is 1.85. The summed E-state index contributed by atoms with van der Waals surface area (Å²) in [6.45, 7) is 2.97. The van der Waals surface area contributed by atoms with Gasteiger partial charge in [0.15, 0.2) is 11.5 Å². The van der Waals surface area contributed by atoms with Crippen molar-refractivity contribution in [3.8, 4) is 22.8 Å². The van der Waals surface area contributed by atoms with Crippen LogP contribution in [0.4, 0.5) is 0 Å². The fraction of sp³-hybridized carbons (Fsp3) is 0.231. The van der Waals surface area contributed by atoms with Crippen LogP contribution in [0.25, 0.3) is 11.3 Å². The summed E-state index contributed by atoms with van der Waals surface area (Å²) in [5.74, 6) is 0.335. The number of carboxylic acid groups (broad SMARTS) is 1. The van der Waals surface area contributed by atoms with Crippen molar-refractivity contribution in [1.29, 1.82) is 0 Å². The minimum atomic E-state index is -1.03. The lowest BCUT2D eigenvalue weighted by molar-refractivity contribution is 0.0690. The van der Waals surface area contributed by atoms with Crippen LogP contribution >= 0.6 is 0 Å². The zero-order valence-electron chi connectivity index (χ0n) is 10.3. The van der Waals surface area contributed by atoms with E-state index in [9.17, 15) is 4.79 Å². The number of carboxylic acids is 1. The smallest absolute Gasteiger partial charge is 0.353 e. The molecule has 0 amide bonds. The topological polar surface area (TPSA) is 84.4 Å². The number of fused-ring (bicyclic) bond motifs is 1. The number of aromatic carboxylic acids is 1. The maximum atomic E-state index is 10.8. The Bertz CT molecular complexity index is 648. The third-order valence-electron chi connectivity index (χ3n) is 2.97. The quantitative estimate of drug-likeness (QED) is 0.860. The summed E-state index contributed by atoms with van der Waals surface area (Å²) in [6.07, 6.45) is 0. The number of rotatable bonds is 2. The molecule has 6 nitrogen and oxygen atoms in total. The van der Waals surface area contributed by atoms with Crippen LogP contribution in [0.3, 0.4) is 0 Å². The van der Waals surface area contributed by atoms with E-state index in [0.717, 1.165) is 11.1 Å². The van der Waals surface area contributed by atoms with Crippen molar-refractivity contribution >= 4 is 5.97 Å². The van der Waals surface area contributed by atoms with E-state index in [2.05, 4.69) is 10.2 Å². The Morgan fingerprint density at radius 2 is 1.95 bits per heavy atom. The molecule has 0 saturated heterocycles. The fourth-order valence-corrected chi connectivity index (χ4v) is 2.04. The molecule has 0 saturated carbocycles. The molecule has 1 aromatic heterocycles. The van der Waals surface area contributed by atoms with E-state index in [1.807, 2.05) is 19.1 Å². The van der Waals surface area contributed by atoms with Crippen molar-refractivity contribution in [3.63, 3.8) is 0 Å². The maximum absolute atomic E-state index is 10.8. The van der Waals surface area contributed by atoms with E-state index < -0.39 is 5.97 Å². The van der Waals surface area contributed by atoms with Gasteiger partial charge in [0, 0.05) is 5.56 Å². The molecule has 2 N–H and O–H groups in total. The van der Waals surface area contributed by atoms with Gasteiger partial charge >= 0.3 is 5.97 Å². The first kappa shape index (κ1) is 11.6. The first-order valence-corrected chi connectivity index (χ1v) is 5.84. The number of aryl methyl sites for hydroxylation is 1. The first-order valence-electron chi connectivity index (χ1n) is 5.84. The monoisotopic (exact) mass is 260 g/mol. The summed E-state index contributed by atoms with van der Waals surface area (Å²) in [5.41, 5.74) is 2.41. The normalized spacial score (nSPS) is 13.3. The van der Waals surface area contributed by atoms with Gasteiger partial charge in [-0.1, -0.05) is 0 Å². The van der Waals surface area contributed by atoms with Gasteiger partial charge in [0.1, 0.15) is 18.9 Å². The Hall–Kier alpha value is -2.50. The second-order valence-electron chi connectivity index (χ2n) is 4.28. The number of H-pyrrole nitrogens is 1. The van der Waals surface area contributed by atoms with Gasteiger partial charge in [0.05, 0.1) is 5.69 Å². The molecule has 6 heteroatoms. The Kier molecular flexibility index (Phi) is 2.63. The van der Waals surface area contributed by atoms with Crippen molar-refractivity contribution < 1.29 is 19.4 Å². The molecule has 1 aliphatic heterocycles. The summed E-state index contributed by atoms with van der Waals surface area (Å²) < 4.78 is 11.0. The maximum Gasteiger partial charge on any atom is 0.353 e. The van der Waals surface area contributed by atoms with Crippen LogP contribution in [0.5, 0.6) is 11.5 Å². The average Bonchev–Trinajstić information content (AvgIpc) is 2.87.